The van der Waals surface area contributed by atoms with Gasteiger partial charge in [0, 0.05) is 18.6 Å². The number of hydrogen-bond acceptors (Lipinski definition) is 5. The Morgan fingerprint density at radius 1 is 1.45 bits per heavy atom. The van der Waals surface area contributed by atoms with Crippen molar-refractivity contribution in [3.8, 4) is 0 Å². The number of nitrogens with one attached hydrogen (secondary N) is 1. The molecule has 3 heterocycles. The third-order valence-electron chi connectivity index (χ3n) is 6.15. The van der Waals surface area contributed by atoms with Crippen LogP contribution in [-0.2, 0) is 6.54 Å². The van der Waals surface area contributed by atoms with E-state index in [1.165, 1.54) is 16.7 Å². The number of hydrogen-bond donors (Lipinski definition) is 2. The molecule has 1 saturated heterocycles. The Balaban J connectivity index is 1.90. The van der Waals surface area contributed by atoms with Crippen molar-refractivity contribution in [1.82, 2.24) is 14.9 Å². The van der Waals surface area contributed by atoms with Gasteiger partial charge in [-0.1, -0.05) is 0 Å². The highest BCUT2D eigenvalue weighted by Gasteiger charge is 2.46. The van der Waals surface area contributed by atoms with Gasteiger partial charge in [0.15, 0.2) is 0 Å². The minimum atomic E-state index is -1.40. The molecule has 29 heavy (non-hydrogen) atoms. The van der Waals surface area contributed by atoms with Crippen molar-refractivity contribution < 1.29 is 23.9 Å². The van der Waals surface area contributed by atoms with Crippen molar-refractivity contribution in [2.45, 2.75) is 51.4 Å². The first-order valence-electron chi connectivity index (χ1n) is 9.69. The van der Waals surface area contributed by atoms with E-state index >= 15 is 0 Å². The van der Waals surface area contributed by atoms with E-state index in [1.807, 2.05) is 0 Å². The molecule has 0 aromatic carbocycles. The zero-order valence-electron chi connectivity index (χ0n) is 16.9. The molecule has 0 radical (unpaired) electrons. The lowest BCUT2D eigenvalue weighted by molar-refractivity contribution is -0.978. The SMILES string of the molecule is CC(C)(C)[N+]1(CCn2c(=O)ccc3ncc(F)cc32)CC[C@H](NC(=O)[O-])[C@H](O)C1. The fourth-order valence-electron chi connectivity index (χ4n) is 4.29. The summed E-state index contributed by atoms with van der Waals surface area (Å²) in [5.41, 5.74) is 0.459. The molecule has 8 nitrogen and oxygen atoms in total. The average molecular weight is 406 g/mol. The van der Waals surface area contributed by atoms with Gasteiger partial charge in [-0.25, -0.2) is 4.39 Å². The van der Waals surface area contributed by atoms with Crippen molar-refractivity contribution >= 4 is 17.1 Å². The maximum Gasteiger partial charge on any atom is 0.251 e. The van der Waals surface area contributed by atoms with Gasteiger partial charge in [-0.05, 0) is 26.8 Å². The summed E-state index contributed by atoms with van der Waals surface area (Å²) >= 11 is 0. The molecule has 1 aliphatic rings. The number of carbonyl (C=O) groups is 1. The second kappa shape index (κ2) is 7.72. The van der Waals surface area contributed by atoms with E-state index in [0.717, 1.165) is 6.20 Å². The van der Waals surface area contributed by atoms with Gasteiger partial charge < -0.3 is 29.4 Å². The Hall–Kier alpha value is -2.52. The van der Waals surface area contributed by atoms with Gasteiger partial charge in [-0.3, -0.25) is 9.78 Å². The molecule has 2 aromatic heterocycles. The minimum Gasteiger partial charge on any atom is -0.530 e. The third-order valence-corrected chi connectivity index (χ3v) is 6.15. The van der Waals surface area contributed by atoms with Crippen LogP contribution in [0.4, 0.5) is 9.18 Å². The van der Waals surface area contributed by atoms with Crippen LogP contribution in [-0.4, -0.2) is 62.6 Å². The predicted octanol–water partition coefficient (Wildman–Crippen LogP) is 0.217. The first kappa shape index (κ1) is 21.2. The van der Waals surface area contributed by atoms with E-state index < -0.39 is 24.1 Å². The second-order valence-corrected chi connectivity index (χ2v) is 8.72. The number of amides is 1. The van der Waals surface area contributed by atoms with E-state index in [-0.39, 0.29) is 11.1 Å². The van der Waals surface area contributed by atoms with Crippen LogP contribution >= 0.6 is 0 Å². The minimum absolute atomic E-state index is 0.244. The molecule has 158 valence electrons. The number of nitrogens with zero attached hydrogens (tertiary/aromatic N) is 3. The number of aliphatic hydroxyl groups excluding tert-OH is 1. The smallest absolute Gasteiger partial charge is 0.251 e. The van der Waals surface area contributed by atoms with Crippen LogP contribution in [0.15, 0.2) is 29.2 Å². The topological polar surface area (TPSA) is 107 Å². The van der Waals surface area contributed by atoms with Gasteiger partial charge >= 0.3 is 0 Å². The molecule has 0 spiro atoms. The van der Waals surface area contributed by atoms with E-state index in [1.54, 1.807) is 6.07 Å². The number of quaternary nitrogens is 1. The number of carbonyl (C=O) groups excluding carboxylic acids is 1. The fourth-order valence-corrected chi connectivity index (χ4v) is 4.29. The standard InChI is InChI=1S/C20H27FN4O4/c1-20(2,3)25(8-6-15(17(26)12-25)23-19(28)29)9-7-24-16-10-13(21)11-22-14(16)4-5-18(24)27/h4-5,10-11,15,17,23,26H,6-9,12H2,1-3H3/t15-,17+,25?/m0/s1. The van der Waals surface area contributed by atoms with Crippen LogP contribution in [0.3, 0.4) is 0 Å². The predicted molar refractivity (Wildman–Crippen MR) is 104 cm³/mol. The van der Waals surface area contributed by atoms with E-state index in [0.29, 0.717) is 48.1 Å². The van der Waals surface area contributed by atoms with Crippen molar-refractivity contribution in [1.29, 1.82) is 0 Å². The van der Waals surface area contributed by atoms with Gasteiger partial charge in [0.2, 0.25) is 0 Å². The monoisotopic (exact) mass is 406 g/mol. The summed E-state index contributed by atoms with van der Waals surface area (Å²) in [5, 5.41) is 23.7. The number of halogens is 1. The van der Waals surface area contributed by atoms with Crippen LogP contribution < -0.4 is 16.0 Å². The first-order valence-corrected chi connectivity index (χ1v) is 9.69. The number of fused-ring (bicyclic) bond motifs is 1. The van der Waals surface area contributed by atoms with Crippen LogP contribution in [0.2, 0.25) is 0 Å². The van der Waals surface area contributed by atoms with Crippen molar-refractivity contribution in [3.63, 3.8) is 0 Å². The highest BCUT2D eigenvalue weighted by Crippen LogP contribution is 2.31. The average Bonchev–Trinajstić information content (AvgIpc) is 2.61. The molecule has 9 heteroatoms. The molecule has 0 aliphatic carbocycles. The maximum absolute atomic E-state index is 13.7. The molecule has 1 fully saturated rings. The number of piperidine rings is 1. The van der Waals surface area contributed by atoms with Crippen molar-refractivity contribution in [3.05, 3.63) is 40.6 Å². The molecule has 0 saturated carbocycles. The van der Waals surface area contributed by atoms with Gasteiger partial charge in [-0.2, -0.15) is 0 Å². The number of aromatic nitrogens is 2. The van der Waals surface area contributed by atoms with Crippen molar-refractivity contribution in [2.24, 2.45) is 0 Å². The summed E-state index contributed by atoms with van der Waals surface area (Å²) in [6, 6.07) is 3.71. The summed E-state index contributed by atoms with van der Waals surface area (Å²) in [5.74, 6) is -0.513. The van der Waals surface area contributed by atoms with Crippen LogP contribution in [0.5, 0.6) is 0 Å². The molecule has 1 aliphatic heterocycles. The Kier molecular flexibility index (Phi) is 5.64. The van der Waals surface area contributed by atoms with Gasteiger partial charge in [-0.15, -0.1) is 0 Å². The Morgan fingerprint density at radius 2 is 2.17 bits per heavy atom. The van der Waals surface area contributed by atoms with Crippen LogP contribution in [0, 0.1) is 5.82 Å². The molecule has 2 N–H and O–H groups in total. The number of likely N-dealkylation sites (tertiary alicyclic amines) is 1. The zero-order valence-corrected chi connectivity index (χ0v) is 16.9. The maximum atomic E-state index is 13.7. The number of rotatable bonds is 4. The summed E-state index contributed by atoms with van der Waals surface area (Å²) in [7, 11) is 0. The molecule has 1 unspecified atom stereocenters. The van der Waals surface area contributed by atoms with Crippen molar-refractivity contribution in [2.75, 3.05) is 19.6 Å². The number of pyridine rings is 2. The van der Waals surface area contributed by atoms with Gasteiger partial charge in [0.1, 0.15) is 24.6 Å². The lowest BCUT2D eigenvalue weighted by Crippen LogP contribution is -2.70. The molecule has 3 rings (SSSR count). The fraction of sp³-hybridized carbons (Fsp3) is 0.550. The molecule has 0 bridgehead atoms. The molecule has 1 amide bonds. The van der Waals surface area contributed by atoms with E-state index in [4.69, 9.17) is 0 Å². The number of carboxylic acid groups (broad SMARTS) is 1. The lowest BCUT2D eigenvalue weighted by Gasteiger charge is -2.53. The molecule has 3 atom stereocenters. The normalized spacial score (nSPS) is 25.1. The summed E-state index contributed by atoms with van der Waals surface area (Å²) in [6.45, 7) is 7.97. The molecular formula is C20H27FN4O4. The second-order valence-electron chi connectivity index (χ2n) is 8.72. The Bertz CT molecular complexity index is 971. The largest absolute Gasteiger partial charge is 0.530 e. The lowest BCUT2D eigenvalue weighted by atomic mass is 9.91. The van der Waals surface area contributed by atoms with Crippen LogP contribution in [0.1, 0.15) is 27.2 Å². The molecular weight excluding hydrogens is 379 g/mol. The molecule has 2 aromatic rings. The first-order chi connectivity index (χ1) is 13.5. The highest BCUT2D eigenvalue weighted by molar-refractivity contribution is 5.74. The van der Waals surface area contributed by atoms with Crippen LogP contribution in [0.25, 0.3) is 11.0 Å². The third kappa shape index (κ3) is 4.25. The van der Waals surface area contributed by atoms with E-state index in [9.17, 15) is 24.2 Å². The summed E-state index contributed by atoms with van der Waals surface area (Å²) < 4.78 is 15.7. The Labute approximate surface area is 168 Å². The summed E-state index contributed by atoms with van der Waals surface area (Å²) in [4.78, 5) is 27.4. The summed E-state index contributed by atoms with van der Waals surface area (Å²) in [6.07, 6.45) is -0.704. The Morgan fingerprint density at radius 3 is 2.79 bits per heavy atom. The zero-order chi connectivity index (χ0) is 21.4. The highest BCUT2D eigenvalue weighted by atomic mass is 19.1. The quantitative estimate of drug-likeness (QED) is 0.707. The van der Waals surface area contributed by atoms with E-state index in [2.05, 4.69) is 31.1 Å². The van der Waals surface area contributed by atoms with Gasteiger partial charge in [0.05, 0.1) is 48.4 Å². The number of aliphatic hydroxyl groups is 1. The van der Waals surface area contributed by atoms with Gasteiger partial charge in [0.25, 0.3) is 5.56 Å².